The maximum atomic E-state index is 11.0. The lowest BCUT2D eigenvalue weighted by Crippen LogP contribution is -2.09. The van der Waals surface area contributed by atoms with Crippen molar-refractivity contribution < 1.29 is 13.2 Å². The zero-order valence-corrected chi connectivity index (χ0v) is 10.5. The van der Waals surface area contributed by atoms with Crippen LogP contribution in [0.2, 0.25) is 0 Å². The Morgan fingerprint density at radius 2 is 1.88 bits per heavy atom. The topological polar surface area (TPSA) is 55.4 Å². The van der Waals surface area contributed by atoms with Gasteiger partial charge in [0, 0.05) is 12.3 Å². The van der Waals surface area contributed by atoms with E-state index in [1.54, 1.807) is 12.1 Å². The summed E-state index contributed by atoms with van der Waals surface area (Å²) in [4.78, 5) is 0. The molecule has 5 heteroatoms. The van der Waals surface area contributed by atoms with Gasteiger partial charge in [0.1, 0.15) is 0 Å². The van der Waals surface area contributed by atoms with Crippen molar-refractivity contribution >= 4 is 15.7 Å². The van der Waals surface area contributed by atoms with Crippen LogP contribution >= 0.6 is 0 Å². The SMILES string of the molecule is CCOC(C)c1ccc(NS(C)(=O)=O)cc1. The van der Waals surface area contributed by atoms with Crippen molar-refractivity contribution in [3.63, 3.8) is 0 Å². The molecule has 0 aliphatic carbocycles. The van der Waals surface area contributed by atoms with E-state index in [-0.39, 0.29) is 6.10 Å². The zero-order valence-electron chi connectivity index (χ0n) is 9.73. The predicted molar refractivity (Wildman–Crippen MR) is 64.9 cm³/mol. The van der Waals surface area contributed by atoms with Crippen LogP contribution in [-0.4, -0.2) is 21.3 Å². The Kier molecular flexibility index (Phi) is 4.32. The number of benzene rings is 1. The predicted octanol–water partition coefficient (Wildman–Crippen LogP) is 2.16. The lowest BCUT2D eigenvalue weighted by molar-refractivity contribution is 0.0764. The summed E-state index contributed by atoms with van der Waals surface area (Å²) < 4.78 is 29.8. The van der Waals surface area contributed by atoms with E-state index in [1.807, 2.05) is 26.0 Å². The highest BCUT2D eigenvalue weighted by Crippen LogP contribution is 2.19. The molecule has 0 aromatic heterocycles. The van der Waals surface area contributed by atoms with Crippen molar-refractivity contribution in [2.45, 2.75) is 20.0 Å². The smallest absolute Gasteiger partial charge is 0.229 e. The monoisotopic (exact) mass is 243 g/mol. The van der Waals surface area contributed by atoms with Gasteiger partial charge in [-0.1, -0.05) is 12.1 Å². The highest BCUT2D eigenvalue weighted by molar-refractivity contribution is 7.92. The van der Waals surface area contributed by atoms with Gasteiger partial charge in [0.2, 0.25) is 10.0 Å². The molecule has 0 fully saturated rings. The van der Waals surface area contributed by atoms with E-state index in [0.29, 0.717) is 12.3 Å². The van der Waals surface area contributed by atoms with E-state index < -0.39 is 10.0 Å². The molecule has 0 radical (unpaired) electrons. The lowest BCUT2D eigenvalue weighted by Gasteiger charge is -2.12. The Hall–Kier alpha value is -1.07. The third-order valence-corrected chi connectivity index (χ3v) is 2.71. The first-order valence-corrected chi connectivity index (χ1v) is 7.01. The minimum Gasteiger partial charge on any atom is -0.374 e. The van der Waals surface area contributed by atoms with Gasteiger partial charge in [0.25, 0.3) is 0 Å². The maximum Gasteiger partial charge on any atom is 0.229 e. The van der Waals surface area contributed by atoms with E-state index in [1.165, 1.54) is 0 Å². The largest absolute Gasteiger partial charge is 0.374 e. The van der Waals surface area contributed by atoms with Gasteiger partial charge in [-0.2, -0.15) is 0 Å². The van der Waals surface area contributed by atoms with E-state index in [9.17, 15) is 8.42 Å². The van der Waals surface area contributed by atoms with Crippen LogP contribution in [0.1, 0.15) is 25.5 Å². The van der Waals surface area contributed by atoms with Crippen LogP contribution in [0.25, 0.3) is 0 Å². The Labute approximate surface area is 96.7 Å². The summed E-state index contributed by atoms with van der Waals surface area (Å²) in [5.41, 5.74) is 1.59. The standard InChI is InChI=1S/C11H17NO3S/c1-4-15-9(2)10-5-7-11(8-6-10)12-16(3,13)14/h5-9,12H,4H2,1-3H3. The molecule has 0 bridgehead atoms. The fraction of sp³-hybridized carbons (Fsp3) is 0.455. The summed E-state index contributed by atoms with van der Waals surface area (Å²) in [6.07, 6.45) is 1.15. The van der Waals surface area contributed by atoms with Gasteiger partial charge in [-0.3, -0.25) is 4.72 Å². The first kappa shape index (κ1) is 13.0. The third-order valence-electron chi connectivity index (χ3n) is 2.10. The van der Waals surface area contributed by atoms with Gasteiger partial charge in [0.15, 0.2) is 0 Å². The molecule has 0 spiro atoms. The van der Waals surface area contributed by atoms with E-state index in [4.69, 9.17) is 4.74 Å². The van der Waals surface area contributed by atoms with Crippen LogP contribution in [0, 0.1) is 0 Å². The van der Waals surface area contributed by atoms with Crippen molar-refractivity contribution in [1.82, 2.24) is 0 Å². The number of ether oxygens (including phenoxy) is 1. The first-order valence-electron chi connectivity index (χ1n) is 5.11. The molecule has 1 atom stereocenters. The Morgan fingerprint density at radius 3 is 2.31 bits per heavy atom. The first-order chi connectivity index (χ1) is 7.42. The minimum atomic E-state index is -3.20. The minimum absolute atomic E-state index is 0.0253. The van der Waals surface area contributed by atoms with Crippen LogP contribution in [0.5, 0.6) is 0 Å². The van der Waals surface area contributed by atoms with Crippen LogP contribution in [0.4, 0.5) is 5.69 Å². The van der Waals surface area contributed by atoms with Crippen LogP contribution < -0.4 is 4.72 Å². The summed E-state index contributed by atoms with van der Waals surface area (Å²) in [5.74, 6) is 0. The lowest BCUT2D eigenvalue weighted by atomic mass is 10.1. The van der Waals surface area contributed by atoms with Crippen molar-refractivity contribution in [3.8, 4) is 0 Å². The second kappa shape index (κ2) is 5.32. The molecule has 0 aliphatic heterocycles. The highest BCUT2D eigenvalue weighted by Gasteiger charge is 2.05. The fourth-order valence-corrected chi connectivity index (χ4v) is 1.95. The average molecular weight is 243 g/mol. The number of hydrogen-bond acceptors (Lipinski definition) is 3. The van der Waals surface area contributed by atoms with Crippen molar-refractivity contribution in [3.05, 3.63) is 29.8 Å². The third kappa shape index (κ3) is 4.20. The van der Waals surface area contributed by atoms with Gasteiger partial charge < -0.3 is 4.74 Å². The molecular formula is C11H17NO3S. The summed E-state index contributed by atoms with van der Waals surface area (Å²) in [6.45, 7) is 4.56. The second-order valence-corrected chi connectivity index (χ2v) is 5.34. The molecule has 0 amide bonds. The van der Waals surface area contributed by atoms with Gasteiger partial charge in [-0.25, -0.2) is 8.42 Å². The molecule has 0 heterocycles. The van der Waals surface area contributed by atoms with Gasteiger partial charge in [-0.15, -0.1) is 0 Å². The molecular weight excluding hydrogens is 226 g/mol. The van der Waals surface area contributed by atoms with Crippen molar-refractivity contribution in [2.24, 2.45) is 0 Å². The van der Waals surface area contributed by atoms with Crippen molar-refractivity contribution in [1.29, 1.82) is 0 Å². The number of rotatable bonds is 5. The molecule has 4 nitrogen and oxygen atoms in total. The molecule has 16 heavy (non-hydrogen) atoms. The summed E-state index contributed by atoms with van der Waals surface area (Å²) in [6, 6.07) is 7.17. The second-order valence-electron chi connectivity index (χ2n) is 3.59. The zero-order chi connectivity index (χ0) is 12.2. The van der Waals surface area contributed by atoms with Crippen LogP contribution in [0.15, 0.2) is 24.3 Å². The number of sulfonamides is 1. The highest BCUT2D eigenvalue weighted by atomic mass is 32.2. The number of anilines is 1. The van der Waals surface area contributed by atoms with Crippen molar-refractivity contribution in [2.75, 3.05) is 17.6 Å². The summed E-state index contributed by atoms with van der Waals surface area (Å²) in [5, 5.41) is 0. The summed E-state index contributed by atoms with van der Waals surface area (Å²) >= 11 is 0. The van der Waals surface area contributed by atoms with Gasteiger partial charge in [-0.05, 0) is 31.5 Å². The summed E-state index contributed by atoms with van der Waals surface area (Å²) in [7, 11) is -3.20. The van der Waals surface area contributed by atoms with E-state index in [0.717, 1.165) is 11.8 Å². The molecule has 1 unspecified atom stereocenters. The molecule has 0 saturated heterocycles. The molecule has 1 rings (SSSR count). The number of nitrogens with one attached hydrogen (secondary N) is 1. The molecule has 90 valence electrons. The number of hydrogen-bond donors (Lipinski definition) is 1. The molecule has 0 aliphatic rings. The average Bonchev–Trinajstić information content (AvgIpc) is 2.16. The quantitative estimate of drug-likeness (QED) is 0.862. The van der Waals surface area contributed by atoms with Gasteiger partial charge in [0.05, 0.1) is 12.4 Å². The molecule has 1 N–H and O–H groups in total. The molecule has 0 saturated carbocycles. The Balaban J connectivity index is 2.75. The van der Waals surface area contributed by atoms with Crippen LogP contribution in [-0.2, 0) is 14.8 Å². The fourth-order valence-electron chi connectivity index (χ4n) is 1.38. The Bertz CT molecular complexity index is 425. The Morgan fingerprint density at radius 1 is 1.31 bits per heavy atom. The van der Waals surface area contributed by atoms with Gasteiger partial charge >= 0.3 is 0 Å². The normalized spacial score (nSPS) is 13.4. The molecule has 1 aromatic rings. The maximum absolute atomic E-state index is 11.0. The molecule has 1 aromatic carbocycles. The van der Waals surface area contributed by atoms with E-state index >= 15 is 0 Å². The van der Waals surface area contributed by atoms with E-state index in [2.05, 4.69) is 4.72 Å². The van der Waals surface area contributed by atoms with Crippen LogP contribution in [0.3, 0.4) is 0 Å².